The van der Waals surface area contributed by atoms with Crippen molar-refractivity contribution in [3.05, 3.63) is 29.8 Å². The highest BCUT2D eigenvalue weighted by molar-refractivity contribution is 7.92. The zero-order chi connectivity index (χ0) is 18.6. The number of sulfonamides is 1. The standard InChI is InChI=1S/C18H28N4O3S/c1-2-13-26(24,25)20-16-5-3-15(4-6-16)18(23)22-10-7-17(14-22)21-11-8-19-9-12-21/h3-6,17,19-20H,2,7-14H2,1H3. The van der Waals surface area contributed by atoms with Crippen molar-refractivity contribution in [3.63, 3.8) is 0 Å². The molecule has 1 unspecified atom stereocenters. The molecular weight excluding hydrogens is 352 g/mol. The SMILES string of the molecule is CCCS(=O)(=O)Nc1ccc(C(=O)N2CCC(N3CCNCC3)C2)cc1. The van der Waals surface area contributed by atoms with Crippen molar-refractivity contribution in [2.75, 3.05) is 49.7 Å². The number of carbonyl (C=O) groups excluding carboxylic acids is 1. The summed E-state index contributed by atoms with van der Waals surface area (Å²) in [6, 6.07) is 7.16. The van der Waals surface area contributed by atoms with Gasteiger partial charge in [-0.3, -0.25) is 14.4 Å². The molecule has 0 aliphatic carbocycles. The Hall–Kier alpha value is -1.64. The van der Waals surface area contributed by atoms with Gasteiger partial charge in [0.1, 0.15) is 0 Å². The molecule has 2 aliphatic rings. The highest BCUT2D eigenvalue weighted by atomic mass is 32.2. The van der Waals surface area contributed by atoms with E-state index in [1.54, 1.807) is 24.3 Å². The first-order valence-electron chi connectivity index (χ1n) is 9.33. The molecule has 2 heterocycles. The number of anilines is 1. The van der Waals surface area contributed by atoms with E-state index in [9.17, 15) is 13.2 Å². The number of nitrogens with one attached hydrogen (secondary N) is 2. The second-order valence-corrected chi connectivity index (χ2v) is 8.82. The molecule has 2 aliphatic heterocycles. The number of hydrogen-bond donors (Lipinski definition) is 2. The van der Waals surface area contributed by atoms with Crippen LogP contribution < -0.4 is 10.0 Å². The predicted molar refractivity (Wildman–Crippen MR) is 103 cm³/mol. The zero-order valence-corrected chi connectivity index (χ0v) is 16.1. The minimum atomic E-state index is -3.31. The summed E-state index contributed by atoms with van der Waals surface area (Å²) < 4.78 is 26.2. The summed E-state index contributed by atoms with van der Waals surface area (Å²) in [5.74, 6) is 0.111. The molecule has 0 saturated carbocycles. The van der Waals surface area contributed by atoms with Gasteiger partial charge in [0.05, 0.1) is 5.75 Å². The Morgan fingerprint density at radius 1 is 1.19 bits per heavy atom. The van der Waals surface area contributed by atoms with E-state index in [-0.39, 0.29) is 11.7 Å². The molecule has 3 rings (SSSR count). The molecule has 0 radical (unpaired) electrons. The van der Waals surface area contributed by atoms with E-state index in [0.29, 0.717) is 23.7 Å². The minimum Gasteiger partial charge on any atom is -0.337 e. The van der Waals surface area contributed by atoms with E-state index in [0.717, 1.165) is 45.7 Å². The van der Waals surface area contributed by atoms with Crippen molar-refractivity contribution in [2.45, 2.75) is 25.8 Å². The van der Waals surface area contributed by atoms with Gasteiger partial charge in [-0.2, -0.15) is 0 Å². The van der Waals surface area contributed by atoms with E-state index in [1.807, 2.05) is 11.8 Å². The smallest absolute Gasteiger partial charge is 0.253 e. The lowest BCUT2D eigenvalue weighted by molar-refractivity contribution is 0.0773. The Morgan fingerprint density at radius 2 is 1.88 bits per heavy atom. The highest BCUT2D eigenvalue weighted by Gasteiger charge is 2.31. The summed E-state index contributed by atoms with van der Waals surface area (Å²) >= 11 is 0. The first kappa shape index (κ1) is 19.1. The molecule has 8 heteroatoms. The normalized spacial score (nSPS) is 21.7. The van der Waals surface area contributed by atoms with E-state index in [2.05, 4.69) is 14.9 Å². The van der Waals surface area contributed by atoms with Gasteiger partial charge in [-0.05, 0) is 37.1 Å². The molecular formula is C18H28N4O3S. The van der Waals surface area contributed by atoms with E-state index >= 15 is 0 Å². The lowest BCUT2D eigenvalue weighted by atomic mass is 10.2. The van der Waals surface area contributed by atoms with E-state index in [1.165, 1.54) is 0 Å². The molecule has 7 nitrogen and oxygen atoms in total. The Labute approximate surface area is 155 Å². The molecule has 2 fully saturated rings. The predicted octanol–water partition coefficient (Wildman–Crippen LogP) is 0.958. The third kappa shape index (κ3) is 4.75. The van der Waals surface area contributed by atoms with E-state index in [4.69, 9.17) is 0 Å². The van der Waals surface area contributed by atoms with Crippen LogP contribution >= 0.6 is 0 Å². The zero-order valence-electron chi connectivity index (χ0n) is 15.3. The number of hydrogen-bond acceptors (Lipinski definition) is 5. The van der Waals surface area contributed by atoms with Crippen molar-refractivity contribution in [3.8, 4) is 0 Å². The quantitative estimate of drug-likeness (QED) is 0.768. The average Bonchev–Trinajstić information content (AvgIpc) is 3.12. The molecule has 0 aromatic heterocycles. The highest BCUT2D eigenvalue weighted by Crippen LogP contribution is 2.20. The molecule has 1 atom stereocenters. The van der Waals surface area contributed by atoms with Gasteiger partial charge in [0.2, 0.25) is 10.0 Å². The molecule has 1 aromatic rings. The Bertz CT molecular complexity index is 714. The molecule has 2 N–H and O–H groups in total. The Balaban J connectivity index is 1.58. The van der Waals surface area contributed by atoms with Gasteiger partial charge in [-0.1, -0.05) is 6.92 Å². The van der Waals surface area contributed by atoms with Crippen molar-refractivity contribution in [1.82, 2.24) is 15.1 Å². The van der Waals surface area contributed by atoms with Crippen LogP contribution in [-0.2, 0) is 10.0 Å². The average molecular weight is 381 g/mol. The molecule has 144 valence electrons. The summed E-state index contributed by atoms with van der Waals surface area (Å²) in [4.78, 5) is 17.1. The van der Waals surface area contributed by atoms with Crippen molar-refractivity contribution < 1.29 is 13.2 Å². The van der Waals surface area contributed by atoms with Crippen LogP contribution in [0, 0.1) is 0 Å². The molecule has 2 saturated heterocycles. The van der Waals surface area contributed by atoms with E-state index < -0.39 is 10.0 Å². The van der Waals surface area contributed by atoms with Crippen molar-refractivity contribution >= 4 is 21.6 Å². The molecule has 0 bridgehead atoms. The van der Waals surface area contributed by atoms with Gasteiger partial charge in [-0.25, -0.2) is 8.42 Å². The molecule has 0 spiro atoms. The van der Waals surface area contributed by atoms with Crippen LogP contribution in [0.2, 0.25) is 0 Å². The maximum absolute atomic E-state index is 12.7. The summed E-state index contributed by atoms with van der Waals surface area (Å²) in [6.45, 7) is 7.48. The summed E-state index contributed by atoms with van der Waals surface area (Å²) in [5.41, 5.74) is 1.10. The van der Waals surface area contributed by atoms with Crippen LogP contribution in [0.15, 0.2) is 24.3 Å². The monoisotopic (exact) mass is 380 g/mol. The number of carbonyl (C=O) groups is 1. The van der Waals surface area contributed by atoms with Crippen LogP contribution in [0.25, 0.3) is 0 Å². The van der Waals surface area contributed by atoms with Gasteiger partial charge in [0, 0.05) is 56.6 Å². The number of piperazine rings is 1. The van der Waals surface area contributed by atoms with Crippen LogP contribution in [0.5, 0.6) is 0 Å². The lowest BCUT2D eigenvalue weighted by Crippen LogP contribution is -2.49. The Kier molecular flexibility index (Phi) is 6.16. The van der Waals surface area contributed by atoms with Crippen LogP contribution in [-0.4, -0.2) is 75.2 Å². The first-order valence-corrected chi connectivity index (χ1v) is 11.0. The van der Waals surface area contributed by atoms with Crippen molar-refractivity contribution in [2.24, 2.45) is 0 Å². The number of amides is 1. The van der Waals surface area contributed by atoms with Crippen LogP contribution in [0.1, 0.15) is 30.1 Å². The minimum absolute atomic E-state index is 0.0191. The third-order valence-electron chi connectivity index (χ3n) is 5.00. The van der Waals surface area contributed by atoms with Gasteiger partial charge in [-0.15, -0.1) is 0 Å². The lowest BCUT2D eigenvalue weighted by Gasteiger charge is -2.32. The van der Waals surface area contributed by atoms with Crippen molar-refractivity contribution in [1.29, 1.82) is 0 Å². The second-order valence-electron chi connectivity index (χ2n) is 6.98. The maximum atomic E-state index is 12.7. The molecule has 1 aromatic carbocycles. The molecule has 1 amide bonds. The number of likely N-dealkylation sites (tertiary alicyclic amines) is 1. The first-order chi connectivity index (χ1) is 12.5. The fourth-order valence-corrected chi connectivity index (χ4v) is 4.77. The second kappa shape index (κ2) is 8.37. The fraction of sp³-hybridized carbons (Fsp3) is 0.611. The Morgan fingerprint density at radius 3 is 2.54 bits per heavy atom. The largest absolute Gasteiger partial charge is 0.337 e. The summed E-state index contributed by atoms with van der Waals surface area (Å²) in [6.07, 6.45) is 1.58. The van der Waals surface area contributed by atoms with Crippen LogP contribution in [0.3, 0.4) is 0 Å². The summed E-state index contributed by atoms with van der Waals surface area (Å²) in [5, 5.41) is 3.36. The van der Waals surface area contributed by atoms with Gasteiger partial charge < -0.3 is 10.2 Å². The van der Waals surface area contributed by atoms with Crippen LogP contribution in [0.4, 0.5) is 5.69 Å². The molecule has 26 heavy (non-hydrogen) atoms. The van der Waals surface area contributed by atoms with Gasteiger partial charge in [0.15, 0.2) is 0 Å². The number of nitrogens with zero attached hydrogens (tertiary/aromatic N) is 2. The van der Waals surface area contributed by atoms with Gasteiger partial charge in [0.25, 0.3) is 5.91 Å². The summed E-state index contributed by atoms with van der Waals surface area (Å²) in [7, 11) is -3.31. The third-order valence-corrected chi connectivity index (χ3v) is 6.49. The maximum Gasteiger partial charge on any atom is 0.253 e. The number of rotatable bonds is 6. The topological polar surface area (TPSA) is 81.8 Å². The van der Waals surface area contributed by atoms with Gasteiger partial charge >= 0.3 is 0 Å². The fourth-order valence-electron chi connectivity index (χ4n) is 3.63. The number of benzene rings is 1.